The van der Waals surface area contributed by atoms with Crippen molar-refractivity contribution in [3.8, 4) is 0 Å². The predicted molar refractivity (Wildman–Crippen MR) is 88.4 cm³/mol. The Bertz CT molecular complexity index is 463. The van der Waals surface area contributed by atoms with Crippen molar-refractivity contribution in [1.82, 2.24) is 10.2 Å². The summed E-state index contributed by atoms with van der Waals surface area (Å²) in [7, 11) is 0. The zero-order valence-electron chi connectivity index (χ0n) is 12.1. The number of hydrogen-bond donors (Lipinski definition) is 1. The summed E-state index contributed by atoms with van der Waals surface area (Å²) in [4.78, 5) is 2.21. The van der Waals surface area contributed by atoms with Crippen LogP contribution in [0.1, 0.15) is 30.5 Å². The molecular formula is C14H20Cl3F3N2. The molecule has 1 fully saturated rings. The fourth-order valence-corrected chi connectivity index (χ4v) is 2.91. The van der Waals surface area contributed by atoms with Crippen molar-refractivity contribution in [1.29, 1.82) is 0 Å². The molecule has 0 bridgehead atoms. The maximum atomic E-state index is 12.9. The molecular weight excluding hydrogens is 360 g/mol. The topological polar surface area (TPSA) is 15.3 Å². The first kappa shape index (κ1) is 21.8. The van der Waals surface area contributed by atoms with Crippen LogP contribution >= 0.6 is 36.4 Å². The molecule has 0 unspecified atom stereocenters. The Kier molecular flexibility index (Phi) is 9.10. The highest BCUT2D eigenvalue weighted by atomic mass is 35.5. The molecule has 0 aromatic heterocycles. The Morgan fingerprint density at radius 1 is 1.18 bits per heavy atom. The summed E-state index contributed by atoms with van der Waals surface area (Å²) in [6, 6.07) is 3.84. The van der Waals surface area contributed by atoms with E-state index in [0.29, 0.717) is 5.56 Å². The standard InChI is InChI=1S/C14H18ClF3N2.2ClH/c1-2-13(20-5-3-19-4-6-20)10-7-11(14(16,17)18)9-12(15)8-10;;/h7-9,13,19H,2-6H2,1H3;2*1H/t13-;;/m0../s1. The predicted octanol–water partition coefficient (Wildman–Crippen LogP) is 4.56. The van der Waals surface area contributed by atoms with E-state index in [-0.39, 0.29) is 35.9 Å². The van der Waals surface area contributed by atoms with Crippen LogP contribution in [-0.4, -0.2) is 31.1 Å². The maximum absolute atomic E-state index is 12.9. The van der Waals surface area contributed by atoms with Crippen LogP contribution < -0.4 is 5.32 Å². The van der Waals surface area contributed by atoms with Gasteiger partial charge in [0.1, 0.15) is 0 Å². The lowest BCUT2D eigenvalue weighted by Crippen LogP contribution is -2.45. The van der Waals surface area contributed by atoms with E-state index in [1.807, 2.05) is 6.92 Å². The highest BCUT2D eigenvalue weighted by molar-refractivity contribution is 6.30. The van der Waals surface area contributed by atoms with Crippen LogP contribution in [0.4, 0.5) is 13.2 Å². The van der Waals surface area contributed by atoms with E-state index < -0.39 is 11.7 Å². The number of nitrogens with zero attached hydrogens (tertiary/aromatic N) is 1. The molecule has 0 spiro atoms. The van der Waals surface area contributed by atoms with Gasteiger partial charge in [0, 0.05) is 37.2 Å². The van der Waals surface area contributed by atoms with Crippen molar-refractivity contribution >= 4 is 36.4 Å². The number of alkyl halides is 3. The van der Waals surface area contributed by atoms with Gasteiger partial charge < -0.3 is 5.32 Å². The van der Waals surface area contributed by atoms with E-state index >= 15 is 0 Å². The molecule has 128 valence electrons. The zero-order valence-corrected chi connectivity index (χ0v) is 14.5. The van der Waals surface area contributed by atoms with Gasteiger partial charge in [0.05, 0.1) is 5.56 Å². The minimum absolute atomic E-state index is 0. The Morgan fingerprint density at radius 3 is 2.27 bits per heavy atom. The van der Waals surface area contributed by atoms with E-state index in [4.69, 9.17) is 11.6 Å². The molecule has 1 aliphatic heterocycles. The number of piperazine rings is 1. The third-order valence-corrected chi connectivity index (χ3v) is 3.83. The molecule has 0 aliphatic carbocycles. The van der Waals surface area contributed by atoms with Gasteiger partial charge in [-0.2, -0.15) is 13.2 Å². The van der Waals surface area contributed by atoms with Crippen molar-refractivity contribution in [3.05, 3.63) is 34.3 Å². The van der Waals surface area contributed by atoms with Gasteiger partial charge in [-0.1, -0.05) is 18.5 Å². The van der Waals surface area contributed by atoms with E-state index in [1.165, 1.54) is 6.07 Å². The number of nitrogens with one attached hydrogen (secondary N) is 1. The van der Waals surface area contributed by atoms with E-state index in [2.05, 4.69) is 10.2 Å². The molecule has 1 N–H and O–H groups in total. The second-order valence-electron chi connectivity index (χ2n) is 4.98. The summed E-state index contributed by atoms with van der Waals surface area (Å²) in [5, 5.41) is 3.39. The van der Waals surface area contributed by atoms with Crippen LogP contribution in [0.5, 0.6) is 0 Å². The Labute approximate surface area is 146 Å². The van der Waals surface area contributed by atoms with Gasteiger partial charge in [0.25, 0.3) is 0 Å². The summed E-state index contributed by atoms with van der Waals surface area (Å²) in [5.74, 6) is 0. The molecule has 22 heavy (non-hydrogen) atoms. The van der Waals surface area contributed by atoms with Crippen LogP contribution in [0.25, 0.3) is 0 Å². The van der Waals surface area contributed by atoms with E-state index in [1.54, 1.807) is 6.07 Å². The van der Waals surface area contributed by atoms with Crippen molar-refractivity contribution in [2.75, 3.05) is 26.2 Å². The molecule has 0 saturated carbocycles. The van der Waals surface area contributed by atoms with Crippen LogP contribution in [0.3, 0.4) is 0 Å². The van der Waals surface area contributed by atoms with Gasteiger partial charge in [-0.05, 0) is 30.2 Å². The first-order valence-corrected chi connectivity index (χ1v) is 7.12. The molecule has 8 heteroatoms. The number of benzene rings is 1. The second kappa shape index (κ2) is 9.18. The summed E-state index contributed by atoms with van der Waals surface area (Å²) in [6.45, 7) is 5.39. The Balaban J connectivity index is 0.00000220. The van der Waals surface area contributed by atoms with Crippen LogP contribution in [-0.2, 0) is 6.18 Å². The van der Waals surface area contributed by atoms with Gasteiger partial charge in [0.15, 0.2) is 0 Å². The lowest BCUT2D eigenvalue weighted by molar-refractivity contribution is -0.137. The molecule has 1 heterocycles. The molecule has 1 saturated heterocycles. The summed E-state index contributed by atoms with van der Waals surface area (Å²) in [5.41, 5.74) is -0.0252. The molecule has 2 rings (SSSR count). The smallest absolute Gasteiger partial charge is 0.314 e. The quantitative estimate of drug-likeness (QED) is 0.828. The number of halogens is 6. The lowest BCUT2D eigenvalue weighted by Gasteiger charge is -2.35. The molecule has 1 atom stereocenters. The van der Waals surface area contributed by atoms with Gasteiger partial charge in [-0.3, -0.25) is 4.90 Å². The van der Waals surface area contributed by atoms with Crippen LogP contribution in [0.2, 0.25) is 5.02 Å². The maximum Gasteiger partial charge on any atom is 0.416 e. The molecule has 1 aromatic carbocycles. The first-order valence-electron chi connectivity index (χ1n) is 6.74. The third kappa shape index (κ3) is 5.46. The number of rotatable bonds is 3. The largest absolute Gasteiger partial charge is 0.416 e. The van der Waals surface area contributed by atoms with Crippen LogP contribution in [0, 0.1) is 0 Å². The van der Waals surface area contributed by atoms with Gasteiger partial charge in [-0.15, -0.1) is 24.8 Å². The van der Waals surface area contributed by atoms with E-state index in [9.17, 15) is 13.2 Å². The summed E-state index contributed by atoms with van der Waals surface area (Å²) >= 11 is 5.87. The highest BCUT2D eigenvalue weighted by Gasteiger charge is 2.32. The summed E-state index contributed by atoms with van der Waals surface area (Å²) in [6.07, 6.45) is -3.60. The zero-order chi connectivity index (χ0) is 14.8. The minimum Gasteiger partial charge on any atom is -0.314 e. The average Bonchev–Trinajstić information content (AvgIpc) is 2.39. The van der Waals surface area contributed by atoms with Crippen molar-refractivity contribution in [2.45, 2.75) is 25.6 Å². The molecule has 0 amide bonds. The molecule has 1 aliphatic rings. The first-order chi connectivity index (χ1) is 9.41. The number of hydrogen-bond acceptors (Lipinski definition) is 2. The van der Waals surface area contributed by atoms with Gasteiger partial charge in [0.2, 0.25) is 0 Å². The highest BCUT2D eigenvalue weighted by Crippen LogP contribution is 2.35. The summed E-state index contributed by atoms with van der Waals surface area (Å²) < 4.78 is 38.6. The van der Waals surface area contributed by atoms with Crippen molar-refractivity contribution in [2.24, 2.45) is 0 Å². The monoisotopic (exact) mass is 378 g/mol. The lowest BCUT2D eigenvalue weighted by atomic mass is 9.99. The molecule has 1 aromatic rings. The third-order valence-electron chi connectivity index (χ3n) is 3.61. The molecule has 2 nitrogen and oxygen atoms in total. The second-order valence-corrected chi connectivity index (χ2v) is 5.42. The van der Waals surface area contributed by atoms with Crippen molar-refractivity contribution in [3.63, 3.8) is 0 Å². The normalized spacial score (nSPS) is 17.3. The van der Waals surface area contributed by atoms with Crippen LogP contribution in [0.15, 0.2) is 18.2 Å². The Hall–Kier alpha value is -0.200. The fraction of sp³-hybridized carbons (Fsp3) is 0.571. The SMILES string of the molecule is CC[C@@H](c1cc(Cl)cc(C(F)(F)F)c1)N1CCNCC1.Cl.Cl. The van der Waals surface area contributed by atoms with Gasteiger partial charge >= 0.3 is 6.18 Å². The van der Waals surface area contributed by atoms with E-state index in [0.717, 1.165) is 38.7 Å². The van der Waals surface area contributed by atoms with Gasteiger partial charge in [-0.25, -0.2) is 0 Å². The van der Waals surface area contributed by atoms with Crippen molar-refractivity contribution < 1.29 is 13.2 Å². The average molecular weight is 380 g/mol. The fourth-order valence-electron chi connectivity index (χ4n) is 2.67. The minimum atomic E-state index is -4.36. The molecule has 0 radical (unpaired) electrons. The Morgan fingerprint density at radius 2 is 1.77 bits per heavy atom.